The van der Waals surface area contributed by atoms with E-state index in [0.29, 0.717) is 6.54 Å². The van der Waals surface area contributed by atoms with Gasteiger partial charge >= 0.3 is 0 Å². The first-order valence-electron chi connectivity index (χ1n) is 7.97. The number of carbonyl (C=O) groups is 1. The van der Waals surface area contributed by atoms with Crippen molar-refractivity contribution in [3.8, 4) is 0 Å². The standard InChI is InChI=1S/C19H25N3O/c1-19(2,3)17-8-5-16(6-9-17)7-10-18(23)21-11-4-13-22-14-12-20-15-22/h5-10,12,14-15H,4,11,13H2,1-3H3,(H,21,23). The summed E-state index contributed by atoms with van der Waals surface area (Å²) in [4.78, 5) is 15.8. The number of aromatic nitrogens is 2. The molecule has 1 aromatic carbocycles. The summed E-state index contributed by atoms with van der Waals surface area (Å²) >= 11 is 0. The van der Waals surface area contributed by atoms with E-state index >= 15 is 0 Å². The number of carbonyl (C=O) groups excluding carboxylic acids is 1. The van der Waals surface area contributed by atoms with Crippen LogP contribution in [0.5, 0.6) is 0 Å². The minimum absolute atomic E-state index is 0.0597. The van der Waals surface area contributed by atoms with E-state index in [0.717, 1.165) is 18.5 Å². The molecule has 0 aliphatic heterocycles. The highest BCUT2D eigenvalue weighted by atomic mass is 16.1. The van der Waals surface area contributed by atoms with Gasteiger partial charge in [0.15, 0.2) is 0 Å². The van der Waals surface area contributed by atoms with E-state index in [4.69, 9.17) is 0 Å². The number of amides is 1. The van der Waals surface area contributed by atoms with Crippen molar-refractivity contribution in [1.29, 1.82) is 0 Å². The topological polar surface area (TPSA) is 46.9 Å². The van der Waals surface area contributed by atoms with Crippen LogP contribution in [0.1, 0.15) is 38.3 Å². The molecule has 0 saturated carbocycles. The van der Waals surface area contributed by atoms with E-state index in [1.807, 2.05) is 29.0 Å². The lowest BCUT2D eigenvalue weighted by atomic mass is 9.87. The Morgan fingerprint density at radius 2 is 2.00 bits per heavy atom. The van der Waals surface area contributed by atoms with E-state index < -0.39 is 0 Å². The van der Waals surface area contributed by atoms with Gasteiger partial charge in [0.2, 0.25) is 5.91 Å². The zero-order valence-electron chi connectivity index (χ0n) is 14.1. The second-order valence-corrected chi connectivity index (χ2v) is 6.65. The molecule has 0 aliphatic carbocycles. The van der Waals surface area contributed by atoms with Crippen molar-refractivity contribution in [2.24, 2.45) is 0 Å². The molecule has 1 aromatic heterocycles. The second-order valence-electron chi connectivity index (χ2n) is 6.65. The maximum absolute atomic E-state index is 11.8. The summed E-state index contributed by atoms with van der Waals surface area (Å²) < 4.78 is 2.00. The molecule has 1 amide bonds. The summed E-state index contributed by atoms with van der Waals surface area (Å²) in [6.45, 7) is 8.09. The van der Waals surface area contributed by atoms with Gasteiger partial charge in [-0.15, -0.1) is 0 Å². The molecule has 0 unspecified atom stereocenters. The lowest BCUT2D eigenvalue weighted by molar-refractivity contribution is -0.116. The Hall–Kier alpha value is -2.36. The molecule has 0 aliphatic rings. The van der Waals surface area contributed by atoms with Gasteiger partial charge in [-0.3, -0.25) is 4.79 Å². The van der Waals surface area contributed by atoms with Crippen molar-refractivity contribution in [1.82, 2.24) is 14.9 Å². The zero-order chi connectivity index (χ0) is 16.7. The van der Waals surface area contributed by atoms with Gasteiger partial charge in [-0.1, -0.05) is 45.0 Å². The average Bonchev–Trinajstić information content (AvgIpc) is 3.02. The Bertz CT molecular complexity index is 634. The second kappa shape index (κ2) is 7.77. The van der Waals surface area contributed by atoms with Crippen LogP contribution in [0.25, 0.3) is 6.08 Å². The Balaban J connectivity index is 1.75. The lowest BCUT2D eigenvalue weighted by Crippen LogP contribution is -2.22. The SMILES string of the molecule is CC(C)(C)c1ccc(C=CC(=O)NCCCn2ccnc2)cc1. The largest absolute Gasteiger partial charge is 0.352 e. The van der Waals surface area contributed by atoms with Crippen molar-refractivity contribution in [2.75, 3.05) is 6.54 Å². The number of hydrogen-bond donors (Lipinski definition) is 1. The molecule has 0 saturated heterocycles. The number of benzene rings is 1. The maximum Gasteiger partial charge on any atom is 0.244 e. The molecule has 2 rings (SSSR count). The van der Waals surface area contributed by atoms with Crippen LogP contribution in [0, 0.1) is 0 Å². The highest BCUT2D eigenvalue weighted by Gasteiger charge is 2.12. The molecule has 23 heavy (non-hydrogen) atoms. The summed E-state index contributed by atoms with van der Waals surface area (Å²) in [5.41, 5.74) is 2.47. The summed E-state index contributed by atoms with van der Waals surface area (Å²) in [5, 5.41) is 2.89. The van der Waals surface area contributed by atoms with Crippen molar-refractivity contribution >= 4 is 12.0 Å². The van der Waals surface area contributed by atoms with Crippen LogP contribution in [0.4, 0.5) is 0 Å². The predicted molar refractivity (Wildman–Crippen MR) is 94.0 cm³/mol. The highest BCUT2D eigenvalue weighted by Crippen LogP contribution is 2.22. The highest BCUT2D eigenvalue weighted by molar-refractivity contribution is 5.91. The first kappa shape index (κ1) is 17.0. The lowest BCUT2D eigenvalue weighted by Gasteiger charge is -2.18. The molecule has 0 fully saturated rings. The minimum atomic E-state index is -0.0597. The first-order chi connectivity index (χ1) is 10.9. The Morgan fingerprint density at radius 3 is 2.61 bits per heavy atom. The Morgan fingerprint density at radius 1 is 1.26 bits per heavy atom. The number of aryl methyl sites for hydroxylation is 1. The van der Waals surface area contributed by atoms with Gasteiger partial charge in [-0.05, 0) is 29.0 Å². The normalized spacial score (nSPS) is 11.8. The van der Waals surface area contributed by atoms with Crippen LogP contribution in [-0.2, 0) is 16.8 Å². The fourth-order valence-corrected chi connectivity index (χ4v) is 2.22. The van der Waals surface area contributed by atoms with Crippen LogP contribution < -0.4 is 5.32 Å². The fraction of sp³-hybridized carbons (Fsp3) is 0.368. The van der Waals surface area contributed by atoms with Gasteiger partial charge in [0, 0.05) is 31.6 Å². The van der Waals surface area contributed by atoms with E-state index in [1.54, 1.807) is 18.6 Å². The van der Waals surface area contributed by atoms with Crippen molar-refractivity contribution in [3.63, 3.8) is 0 Å². The number of imidazole rings is 1. The third-order valence-corrected chi connectivity index (χ3v) is 3.66. The van der Waals surface area contributed by atoms with Crippen molar-refractivity contribution in [3.05, 3.63) is 60.2 Å². The summed E-state index contributed by atoms with van der Waals surface area (Å²) in [6.07, 6.45) is 9.77. The third-order valence-electron chi connectivity index (χ3n) is 3.66. The van der Waals surface area contributed by atoms with Crippen molar-refractivity contribution < 1.29 is 4.79 Å². The van der Waals surface area contributed by atoms with Crippen molar-refractivity contribution in [2.45, 2.75) is 39.2 Å². The average molecular weight is 311 g/mol. The van der Waals surface area contributed by atoms with Crippen LogP contribution >= 0.6 is 0 Å². The van der Waals surface area contributed by atoms with Gasteiger partial charge in [0.05, 0.1) is 6.33 Å². The predicted octanol–water partition coefficient (Wildman–Crippen LogP) is 3.40. The molecule has 1 N–H and O–H groups in total. The van der Waals surface area contributed by atoms with Gasteiger partial charge in [0.25, 0.3) is 0 Å². The summed E-state index contributed by atoms with van der Waals surface area (Å²) in [7, 11) is 0. The monoisotopic (exact) mass is 311 g/mol. The van der Waals surface area contributed by atoms with E-state index in [2.05, 4.69) is 43.2 Å². The smallest absolute Gasteiger partial charge is 0.244 e. The number of rotatable bonds is 6. The van der Waals surface area contributed by atoms with Gasteiger partial charge in [-0.2, -0.15) is 0 Å². The Kier molecular flexibility index (Phi) is 5.74. The molecule has 0 radical (unpaired) electrons. The Labute approximate surface area is 138 Å². The van der Waals surface area contributed by atoms with E-state index in [1.165, 1.54) is 5.56 Å². The summed E-state index contributed by atoms with van der Waals surface area (Å²) in [5.74, 6) is -0.0597. The molecule has 122 valence electrons. The van der Waals surface area contributed by atoms with Gasteiger partial charge in [0.1, 0.15) is 0 Å². The molecular weight excluding hydrogens is 286 g/mol. The zero-order valence-corrected chi connectivity index (χ0v) is 14.1. The summed E-state index contributed by atoms with van der Waals surface area (Å²) in [6, 6.07) is 8.32. The van der Waals surface area contributed by atoms with Crippen LogP contribution in [0.2, 0.25) is 0 Å². The van der Waals surface area contributed by atoms with Crippen LogP contribution in [-0.4, -0.2) is 22.0 Å². The minimum Gasteiger partial charge on any atom is -0.352 e. The van der Waals surface area contributed by atoms with Gasteiger partial charge in [-0.25, -0.2) is 4.98 Å². The molecule has 0 spiro atoms. The molecular formula is C19H25N3O. The third kappa shape index (κ3) is 5.74. The van der Waals surface area contributed by atoms with E-state index in [9.17, 15) is 4.79 Å². The quantitative estimate of drug-likeness (QED) is 0.656. The molecule has 1 heterocycles. The molecule has 4 nitrogen and oxygen atoms in total. The fourth-order valence-electron chi connectivity index (χ4n) is 2.22. The molecule has 0 atom stereocenters. The van der Waals surface area contributed by atoms with Crippen LogP contribution in [0.3, 0.4) is 0 Å². The maximum atomic E-state index is 11.8. The molecule has 2 aromatic rings. The van der Waals surface area contributed by atoms with E-state index in [-0.39, 0.29) is 11.3 Å². The number of nitrogens with one attached hydrogen (secondary N) is 1. The number of nitrogens with zero attached hydrogens (tertiary/aromatic N) is 2. The first-order valence-corrected chi connectivity index (χ1v) is 7.97. The van der Waals surface area contributed by atoms with Gasteiger partial charge < -0.3 is 9.88 Å². The molecule has 4 heteroatoms. The van der Waals surface area contributed by atoms with Crippen LogP contribution in [0.15, 0.2) is 49.1 Å². The number of hydrogen-bond acceptors (Lipinski definition) is 2. The molecule has 0 bridgehead atoms.